The number of methoxy groups -OCH3 is 1. The minimum absolute atomic E-state index is 0.176. The zero-order valence-electron chi connectivity index (χ0n) is 13.0. The molecule has 0 saturated heterocycles. The number of rotatable bonds is 6. The lowest BCUT2D eigenvalue weighted by Gasteiger charge is -2.31. The van der Waals surface area contributed by atoms with Gasteiger partial charge in [0.05, 0.1) is 13.2 Å². The Kier molecular flexibility index (Phi) is 5.23. The first-order valence-corrected chi connectivity index (χ1v) is 7.36. The van der Waals surface area contributed by atoms with Gasteiger partial charge in [0.1, 0.15) is 5.75 Å². The van der Waals surface area contributed by atoms with E-state index >= 15 is 0 Å². The molecule has 2 N–H and O–H groups in total. The van der Waals surface area contributed by atoms with Crippen LogP contribution in [0, 0.1) is 0 Å². The van der Waals surface area contributed by atoms with Crippen molar-refractivity contribution in [1.29, 1.82) is 0 Å². The number of nitrogens with zero attached hydrogens (tertiary/aromatic N) is 1. The molecule has 2 aromatic rings. The molecule has 112 valence electrons. The Morgan fingerprint density at radius 3 is 2.33 bits per heavy atom. The van der Waals surface area contributed by atoms with E-state index in [1.807, 2.05) is 12.1 Å². The first kappa shape index (κ1) is 15.4. The third kappa shape index (κ3) is 3.37. The molecular weight excluding hydrogens is 260 g/mol. The highest BCUT2D eigenvalue weighted by Crippen LogP contribution is 2.28. The van der Waals surface area contributed by atoms with Gasteiger partial charge in [-0.05, 0) is 41.8 Å². The molecule has 0 saturated carbocycles. The molecule has 0 amide bonds. The molecule has 0 radical (unpaired) electrons. The Morgan fingerprint density at radius 1 is 1.10 bits per heavy atom. The fourth-order valence-electron chi connectivity index (χ4n) is 2.67. The van der Waals surface area contributed by atoms with E-state index < -0.39 is 0 Å². The van der Waals surface area contributed by atoms with Gasteiger partial charge in [0.25, 0.3) is 0 Å². The largest absolute Gasteiger partial charge is 0.497 e. The van der Waals surface area contributed by atoms with Crippen LogP contribution >= 0.6 is 0 Å². The summed E-state index contributed by atoms with van der Waals surface area (Å²) < 4.78 is 5.21. The van der Waals surface area contributed by atoms with Crippen LogP contribution in [0.25, 0.3) is 0 Å². The smallest absolute Gasteiger partial charge is 0.119 e. The number of likely N-dealkylation sites (N-methyl/N-ethyl adjacent to an activating group) is 1. The van der Waals surface area contributed by atoms with E-state index in [1.165, 1.54) is 11.1 Å². The molecule has 0 aliphatic carbocycles. The van der Waals surface area contributed by atoms with Crippen molar-refractivity contribution in [1.82, 2.24) is 0 Å². The number of aryl methyl sites for hydroxylation is 1. The minimum Gasteiger partial charge on any atom is -0.497 e. The van der Waals surface area contributed by atoms with Crippen LogP contribution in [0.5, 0.6) is 5.75 Å². The summed E-state index contributed by atoms with van der Waals surface area (Å²) in [6.45, 7) is 2.76. The van der Waals surface area contributed by atoms with Crippen molar-refractivity contribution in [2.24, 2.45) is 5.73 Å². The lowest BCUT2D eigenvalue weighted by Crippen LogP contribution is -2.31. The summed E-state index contributed by atoms with van der Waals surface area (Å²) in [7, 11) is 3.77. The summed E-state index contributed by atoms with van der Waals surface area (Å²) in [6.07, 6.45) is 1.02. The van der Waals surface area contributed by atoms with Crippen LogP contribution in [0.3, 0.4) is 0 Å². The van der Waals surface area contributed by atoms with Crippen molar-refractivity contribution in [3.05, 3.63) is 59.7 Å². The highest BCUT2D eigenvalue weighted by atomic mass is 16.5. The van der Waals surface area contributed by atoms with Crippen LogP contribution in [0.1, 0.15) is 24.1 Å². The molecule has 0 aliphatic rings. The van der Waals surface area contributed by atoms with Crippen molar-refractivity contribution in [2.75, 3.05) is 25.6 Å². The van der Waals surface area contributed by atoms with E-state index in [1.54, 1.807) is 7.11 Å². The Morgan fingerprint density at radius 2 is 1.76 bits per heavy atom. The molecule has 0 fully saturated rings. The average molecular weight is 284 g/mol. The van der Waals surface area contributed by atoms with Gasteiger partial charge >= 0.3 is 0 Å². The summed E-state index contributed by atoms with van der Waals surface area (Å²) in [5.74, 6) is 0.866. The first-order chi connectivity index (χ1) is 10.2. The average Bonchev–Trinajstić information content (AvgIpc) is 2.56. The predicted molar refractivity (Wildman–Crippen MR) is 89.0 cm³/mol. The van der Waals surface area contributed by atoms with Gasteiger partial charge in [-0.3, -0.25) is 0 Å². The normalized spacial score (nSPS) is 12.0. The monoisotopic (exact) mass is 284 g/mol. The standard InChI is InChI=1S/C18H24N2O/c1-4-14-7-5-6-8-17(14)18(13-19)20(2)15-9-11-16(21-3)12-10-15/h5-12,18H,4,13,19H2,1-3H3. The number of benzene rings is 2. The highest BCUT2D eigenvalue weighted by molar-refractivity contribution is 5.51. The van der Waals surface area contributed by atoms with Crippen LogP contribution in [-0.2, 0) is 6.42 Å². The van der Waals surface area contributed by atoms with Crippen LogP contribution in [0.4, 0.5) is 5.69 Å². The van der Waals surface area contributed by atoms with Gasteiger partial charge in [-0.25, -0.2) is 0 Å². The molecule has 1 unspecified atom stereocenters. The summed E-state index contributed by atoms with van der Waals surface area (Å²) in [4.78, 5) is 2.23. The quantitative estimate of drug-likeness (QED) is 0.883. The number of ether oxygens (including phenoxy) is 1. The lowest BCUT2D eigenvalue weighted by atomic mass is 9.97. The van der Waals surface area contributed by atoms with Crippen molar-refractivity contribution in [2.45, 2.75) is 19.4 Å². The van der Waals surface area contributed by atoms with Gasteiger partial charge < -0.3 is 15.4 Å². The van der Waals surface area contributed by atoms with Crippen LogP contribution < -0.4 is 15.4 Å². The summed E-state index contributed by atoms with van der Waals surface area (Å²) in [5, 5.41) is 0. The van der Waals surface area contributed by atoms with Crippen molar-refractivity contribution in [3.63, 3.8) is 0 Å². The van der Waals surface area contributed by atoms with Gasteiger partial charge in [-0.15, -0.1) is 0 Å². The van der Waals surface area contributed by atoms with Crippen molar-refractivity contribution >= 4 is 5.69 Å². The first-order valence-electron chi connectivity index (χ1n) is 7.36. The molecule has 21 heavy (non-hydrogen) atoms. The minimum atomic E-state index is 0.176. The Bertz CT molecular complexity index is 566. The van der Waals surface area contributed by atoms with Gasteiger partial charge in [-0.2, -0.15) is 0 Å². The van der Waals surface area contributed by atoms with E-state index in [4.69, 9.17) is 10.5 Å². The number of hydrogen-bond donors (Lipinski definition) is 1. The fourth-order valence-corrected chi connectivity index (χ4v) is 2.67. The Balaban J connectivity index is 2.31. The summed E-state index contributed by atoms with van der Waals surface area (Å²) in [6, 6.07) is 16.8. The Labute approximate surface area is 127 Å². The SMILES string of the molecule is CCc1ccccc1C(CN)N(C)c1ccc(OC)cc1. The van der Waals surface area contributed by atoms with Crippen LogP contribution in [0.2, 0.25) is 0 Å². The van der Waals surface area contributed by atoms with Crippen LogP contribution in [-0.4, -0.2) is 20.7 Å². The third-order valence-corrected chi connectivity index (χ3v) is 3.97. The van der Waals surface area contributed by atoms with E-state index in [0.717, 1.165) is 17.9 Å². The number of hydrogen-bond acceptors (Lipinski definition) is 3. The second-order valence-electron chi connectivity index (χ2n) is 5.11. The topological polar surface area (TPSA) is 38.5 Å². The number of anilines is 1. The molecule has 3 heteroatoms. The molecule has 0 bridgehead atoms. The van der Waals surface area contributed by atoms with E-state index in [-0.39, 0.29) is 6.04 Å². The van der Waals surface area contributed by atoms with Crippen LogP contribution in [0.15, 0.2) is 48.5 Å². The molecule has 0 heterocycles. The molecule has 2 rings (SSSR count). The van der Waals surface area contributed by atoms with Crippen molar-refractivity contribution < 1.29 is 4.74 Å². The van der Waals surface area contributed by atoms with Gasteiger partial charge in [0.2, 0.25) is 0 Å². The molecule has 2 aromatic carbocycles. The van der Waals surface area contributed by atoms with Gasteiger partial charge in [0, 0.05) is 19.3 Å². The second kappa shape index (κ2) is 7.14. The van der Waals surface area contributed by atoms with Gasteiger partial charge in [-0.1, -0.05) is 31.2 Å². The predicted octanol–water partition coefficient (Wildman–Crippen LogP) is 3.39. The zero-order valence-corrected chi connectivity index (χ0v) is 13.0. The summed E-state index contributed by atoms with van der Waals surface area (Å²) >= 11 is 0. The van der Waals surface area contributed by atoms with E-state index in [0.29, 0.717) is 6.54 Å². The van der Waals surface area contributed by atoms with Crippen molar-refractivity contribution in [3.8, 4) is 5.75 Å². The van der Waals surface area contributed by atoms with E-state index in [2.05, 4.69) is 55.3 Å². The molecule has 0 aromatic heterocycles. The maximum Gasteiger partial charge on any atom is 0.119 e. The zero-order chi connectivity index (χ0) is 15.2. The molecule has 0 spiro atoms. The second-order valence-corrected chi connectivity index (χ2v) is 5.11. The third-order valence-electron chi connectivity index (χ3n) is 3.97. The maximum atomic E-state index is 6.06. The fraction of sp³-hybridized carbons (Fsp3) is 0.333. The lowest BCUT2D eigenvalue weighted by molar-refractivity contribution is 0.415. The maximum absolute atomic E-state index is 6.06. The number of nitrogens with two attached hydrogens (primary N) is 1. The molecule has 3 nitrogen and oxygen atoms in total. The molecule has 1 atom stereocenters. The molecule has 0 aliphatic heterocycles. The summed E-state index contributed by atoms with van der Waals surface area (Å²) in [5.41, 5.74) is 9.85. The highest BCUT2D eigenvalue weighted by Gasteiger charge is 2.18. The molecular formula is C18H24N2O. The van der Waals surface area contributed by atoms with E-state index in [9.17, 15) is 0 Å². The van der Waals surface area contributed by atoms with Gasteiger partial charge in [0.15, 0.2) is 0 Å². The Hall–Kier alpha value is -2.00.